The van der Waals surface area contributed by atoms with Crippen molar-refractivity contribution in [3.63, 3.8) is 0 Å². The average molecular weight is 246 g/mol. The first kappa shape index (κ1) is 12.1. The number of H-pyrrole nitrogens is 2. The van der Waals surface area contributed by atoms with E-state index in [0.29, 0.717) is 16.4 Å². The first-order valence-corrected chi connectivity index (χ1v) is 5.76. The largest absolute Gasteiger partial charge is 0.326 e. The summed E-state index contributed by atoms with van der Waals surface area (Å²) in [6, 6.07) is 3.47. The molecule has 0 radical (unpaired) electrons. The number of rotatable bonds is 0. The molecule has 0 aliphatic heterocycles. The molecule has 0 aliphatic carbocycles. The van der Waals surface area contributed by atoms with E-state index >= 15 is 0 Å². The molecule has 0 fully saturated rings. The topological polar surface area (TPSA) is 83.0 Å². The molecule has 0 atom stereocenters. The van der Waals surface area contributed by atoms with Crippen LogP contribution >= 0.6 is 0 Å². The Labute approximate surface area is 102 Å². The maximum atomic E-state index is 11.7. The first-order chi connectivity index (χ1) is 8.66. The molecule has 0 spiro atoms. The Balaban J connectivity index is 0.000000574. The fraction of sp³-hybridized carbons (Fsp3) is 0.250. The molecule has 0 saturated carbocycles. The molecule has 0 aromatic carbocycles. The van der Waals surface area contributed by atoms with Crippen molar-refractivity contribution < 1.29 is 0 Å². The first-order valence-electron chi connectivity index (χ1n) is 5.76. The van der Waals surface area contributed by atoms with E-state index in [-0.39, 0.29) is 0 Å². The maximum Gasteiger partial charge on any atom is 0.326 e. The molecule has 3 aromatic rings. The lowest BCUT2D eigenvalue weighted by Gasteiger charge is -2.02. The van der Waals surface area contributed by atoms with Crippen molar-refractivity contribution in [2.24, 2.45) is 0 Å². The summed E-state index contributed by atoms with van der Waals surface area (Å²) >= 11 is 0. The van der Waals surface area contributed by atoms with Gasteiger partial charge in [0.05, 0.1) is 22.6 Å². The van der Waals surface area contributed by atoms with Crippen molar-refractivity contribution in [3.05, 3.63) is 44.9 Å². The summed E-state index contributed by atoms with van der Waals surface area (Å²) < 4.78 is 1.66. The lowest BCUT2D eigenvalue weighted by Crippen LogP contribution is -2.22. The van der Waals surface area contributed by atoms with Crippen LogP contribution in [0, 0.1) is 6.92 Å². The molecule has 6 heteroatoms. The van der Waals surface area contributed by atoms with Crippen LogP contribution in [-0.4, -0.2) is 19.6 Å². The zero-order valence-electron chi connectivity index (χ0n) is 10.4. The molecule has 6 nitrogen and oxygen atoms in total. The molecule has 0 bridgehead atoms. The van der Waals surface area contributed by atoms with Crippen molar-refractivity contribution in [2.45, 2.75) is 20.8 Å². The normalized spacial score (nSPS) is 10.4. The minimum Gasteiger partial charge on any atom is -0.307 e. The summed E-state index contributed by atoms with van der Waals surface area (Å²) in [6.07, 6.45) is 1.62. The lowest BCUT2D eigenvalue weighted by atomic mass is 10.2. The number of pyridine rings is 1. The third-order valence-corrected chi connectivity index (χ3v) is 2.56. The molecule has 3 rings (SSSR count). The van der Waals surface area contributed by atoms with E-state index in [9.17, 15) is 9.59 Å². The summed E-state index contributed by atoms with van der Waals surface area (Å²) in [5.41, 5.74) is 1.17. The number of fused-ring (bicyclic) bond motifs is 3. The van der Waals surface area contributed by atoms with Gasteiger partial charge in [-0.15, -0.1) is 0 Å². The second-order valence-electron chi connectivity index (χ2n) is 3.61. The molecule has 3 heterocycles. The van der Waals surface area contributed by atoms with E-state index in [0.717, 1.165) is 5.69 Å². The number of aromatic nitrogens is 4. The van der Waals surface area contributed by atoms with E-state index in [1.54, 1.807) is 22.8 Å². The van der Waals surface area contributed by atoms with Crippen LogP contribution in [0.4, 0.5) is 0 Å². The number of aromatic amines is 2. The molecule has 18 heavy (non-hydrogen) atoms. The molecule has 0 unspecified atom stereocenters. The number of hydrogen-bond acceptors (Lipinski definition) is 3. The Bertz CT molecular complexity index is 810. The summed E-state index contributed by atoms with van der Waals surface area (Å²) in [5, 5.41) is 4.55. The van der Waals surface area contributed by atoms with E-state index in [4.69, 9.17) is 0 Å². The van der Waals surface area contributed by atoms with Crippen molar-refractivity contribution >= 4 is 16.4 Å². The van der Waals surface area contributed by atoms with Crippen LogP contribution in [0.1, 0.15) is 19.5 Å². The summed E-state index contributed by atoms with van der Waals surface area (Å²) in [5.74, 6) is 0. The van der Waals surface area contributed by atoms with Gasteiger partial charge in [0.15, 0.2) is 0 Å². The van der Waals surface area contributed by atoms with Crippen LogP contribution in [0.5, 0.6) is 0 Å². The van der Waals surface area contributed by atoms with Crippen molar-refractivity contribution in [1.29, 1.82) is 0 Å². The van der Waals surface area contributed by atoms with Crippen LogP contribution in [-0.2, 0) is 0 Å². The highest BCUT2D eigenvalue weighted by Crippen LogP contribution is 2.15. The van der Waals surface area contributed by atoms with Gasteiger partial charge in [-0.1, -0.05) is 13.8 Å². The standard InChI is InChI=1S/C10H8N4O2.C2H6/c1-5-4-6-8(7-2-3-11-14(5)7)9(15)13-10(16)12-6;1-2/h2-4H,1H3,(H2,12,13,15,16);1-2H3. The number of nitrogens with zero attached hydrogens (tertiary/aromatic N) is 2. The fourth-order valence-corrected chi connectivity index (χ4v) is 1.91. The van der Waals surface area contributed by atoms with Gasteiger partial charge in [-0.3, -0.25) is 9.78 Å². The van der Waals surface area contributed by atoms with Crippen LogP contribution in [0.15, 0.2) is 27.9 Å². The Morgan fingerprint density at radius 2 is 1.94 bits per heavy atom. The maximum absolute atomic E-state index is 11.7. The predicted molar refractivity (Wildman–Crippen MR) is 70.0 cm³/mol. The molecule has 94 valence electrons. The average Bonchev–Trinajstić information content (AvgIpc) is 2.80. The van der Waals surface area contributed by atoms with Gasteiger partial charge in [0.25, 0.3) is 5.56 Å². The molecule has 3 aromatic heterocycles. The van der Waals surface area contributed by atoms with Gasteiger partial charge < -0.3 is 4.98 Å². The number of hydrogen-bond donors (Lipinski definition) is 2. The minimum atomic E-state index is -0.499. The molecule has 0 saturated heterocycles. The third-order valence-electron chi connectivity index (χ3n) is 2.56. The molecule has 0 aliphatic rings. The quantitative estimate of drug-likeness (QED) is 0.625. The molecular formula is C12H14N4O2. The zero-order chi connectivity index (χ0) is 13.3. The van der Waals surface area contributed by atoms with Gasteiger partial charge in [0, 0.05) is 5.69 Å². The van der Waals surface area contributed by atoms with E-state index in [2.05, 4.69) is 15.1 Å². The van der Waals surface area contributed by atoms with Gasteiger partial charge in [-0.25, -0.2) is 9.31 Å². The highest BCUT2D eigenvalue weighted by molar-refractivity contribution is 5.92. The smallest absolute Gasteiger partial charge is 0.307 e. The summed E-state index contributed by atoms with van der Waals surface area (Å²) in [4.78, 5) is 27.7. The minimum absolute atomic E-state index is 0.399. The fourth-order valence-electron chi connectivity index (χ4n) is 1.91. The Morgan fingerprint density at radius 3 is 2.67 bits per heavy atom. The van der Waals surface area contributed by atoms with Crippen molar-refractivity contribution in [1.82, 2.24) is 19.6 Å². The SMILES string of the molecule is CC.Cc1cc2[nH]c(=O)[nH]c(=O)c2c2ccnn12. The lowest BCUT2D eigenvalue weighted by molar-refractivity contribution is 0.916. The predicted octanol–water partition coefficient (Wildman–Crippen LogP) is 1.20. The van der Waals surface area contributed by atoms with Crippen LogP contribution in [0.3, 0.4) is 0 Å². The Hall–Kier alpha value is -2.37. The van der Waals surface area contributed by atoms with E-state index in [1.165, 1.54) is 0 Å². The summed E-state index contributed by atoms with van der Waals surface area (Å²) in [6.45, 7) is 5.86. The summed E-state index contributed by atoms with van der Waals surface area (Å²) in [7, 11) is 0. The molecule has 0 amide bonds. The van der Waals surface area contributed by atoms with Crippen LogP contribution in [0.25, 0.3) is 16.4 Å². The molecular weight excluding hydrogens is 232 g/mol. The second kappa shape index (κ2) is 4.48. The van der Waals surface area contributed by atoms with Gasteiger partial charge in [-0.05, 0) is 19.1 Å². The van der Waals surface area contributed by atoms with Crippen LogP contribution in [0.2, 0.25) is 0 Å². The van der Waals surface area contributed by atoms with Gasteiger partial charge in [0.1, 0.15) is 0 Å². The molecule has 2 N–H and O–H groups in total. The van der Waals surface area contributed by atoms with E-state index in [1.807, 2.05) is 20.8 Å². The van der Waals surface area contributed by atoms with Crippen molar-refractivity contribution in [3.8, 4) is 0 Å². The highest BCUT2D eigenvalue weighted by Gasteiger charge is 2.08. The van der Waals surface area contributed by atoms with Gasteiger partial charge in [-0.2, -0.15) is 5.10 Å². The zero-order valence-corrected chi connectivity index (χ0v) is 10.4. The van der Waals surface area contributed by atoms with Crippen LogP contribution < -0.4 is 11.2 Å². The van der Waals surface area contributed by atoms with Gasteiger partial charge in [0.2, 0.25) is 0 Å². The Morgan fingerprint density at radius 1 is 1.22 bits per heavy atom. The third kappa shape index (κ3) is 1.71. The number of nitrogens with one attached hydrogen (secondary N) is 2. The number of aryl methyl sites for hydroxylation is 1. The van der Waals surface area contributed by atoms with E-state index < -0.39 is 11.2 Å². The highest BCUT2D eigenvalue weighted by atomic mass is 16.2. The van der Waals surface area contributed by atoms with Crippen molar-refractivity contribution in [2.75, 3.05) is 0 Å². The second-order valence-corrected chi connectivity index (χ2v) is 3.61. The van der Waals surface area contributed by atoms with Gasteiger partial charge >= 0.3 is 5.69 Å². The Kier molecular flexibility index (Phi) is 3.01. The monoisotopic (exact) mass is 246 g/mol.